The molecule has 1 N–H and O–H groups in total. The van der Waals surface area contributed by atoms with Crippen LogP contribution in [0.1, 0.15) is 28.4 Å². The molecule has 164 valence electrons. The van der Waals surface area contributed by atoms with Gasteiger partial charge in [-0.25, -0.2) is 8.42 Å². The van der Waals surface area contributed by atoms with E-state index in [4.69, 9.17) is 0 Å². The summed E-state index contributed by atoms with van der Waals surface area (Å²) in [6.45, 7) is 4.00. The summed E-state index contributed by atoms with van der Waals surface area (Å²) in [5, 5.41) is 0. The van der Waals surface area contributed by atoms with Crippen molar-refractivity contribution in [3.63, 3.8) is 0 Å². The highest BCUT2D eigenvalue weighted by Crippen LogP contribution is 2.20. The van der Waals surface area contributed by atoms with Crippen LogP contribution in [0.15, 0.2) is 76.6 Å². The number of sulfonamides is 1. The maximum absolute atomic E-state index is 12.7. The highest BCUT2D eigenvalue weighted by atomic mass is 32.2. The fraction of sp³-hybridized carbons (Fsp3) is 0.167. The predicted molar refractivity (Wildman–Crippen MR) is 128 cm³/mol. The summed E-state index contributed by atoms with van der Waals surface area (Å²) in [6.07, 6.45) is 0.947. The van der Waals surface area contributed by atoms with Gasteiger partial charge in [-0.2, -0.15) is 4.99 Å². The molecule has 0 saturated carbocycles. The molecular formula is C24H23N3O3S2. The second kappa shape index (κ2) is 8.72. The maximum Gasteiger partial charge on any atom is 0.279 e. The number of nitrogens with zero attached hydrogens (tertiary/aromatic N) is 2. The topological polar surface area (TPSA) is 80.5 Å². The molecule has 0 atom stereocenters. The smallest absolute Gasteiger partial charge is 0.279 e. The molecule has 0 fully saturated rings. The minimum Gasteiger partial charge on any atom is -0.319 e. The number of carbonyl (C=O) groups excluding carboxylic acids is 1. The molecule has 1 aromatic heterocycles. The van der Waals surface area contributed by atoms with E-state index in [1.807, 2.05) is 24.6 Å². The van der Waals surface area contributed by atoms with E-state index < -0.39 is 10.0 Å². The molecule has 0 spiro atoms. The molecule has 0 saturated heterocycles. The summed E-state index contributed by atoms with van der Waals surface area (Å²) in [5.74, 6) is -0.379. The zero-order valence-corrected chi connectivity index (χ0v) is 19.6. The van der Waals surface area contributed by atoms with Crippen molar-refractivity contribution < 1.29 is 13.2 Å². The minimum atomic E-state index is -3.70. The van der Waals surface area contributed by atoms with E-state index in [9.17, 15) is 13.2 Å². The van der Waals surface area contributed by atoms with E-state index in [1.165, 1.54) is 16.9 Å². The van der Waals surface area contributed by atoms with E-state index in [0.29, 0.717) is 16.1 Å². The molecule has 1 amide bonds. The molecule has 0 bridgehead atoms. The summed E-state index contributed by atoms with van der Waals surface area (Å²) in [5.41, 5.74) is 4.01. The van der Waals surface area contributed by atoms with Crippen LogP contribution in [0.25, 0.3) is 10.2 Å². The average molecular weight is 466 g/mol. The van der Waals surface area contributed by atoms with Crippen molar-refractivity contribution in [1.29, 1.82) is 0 Å². The Morgan fingerprint density at radius 3 is 2.38 bits per heavy atom. The molecular weight excluding hydrogens is 442 g/mol. The Morgan fingerprint density at radius 2 is 1.72 bits per heavy atom. The lowest BCUT2D eigenvalue weighted by Crippen LogP contribution is -2.14. The van der Waals surface area contributed by atoms with Crippen molar-refractivity contribution in [2.45, 2.75) is 25.2 Å². The lowest BCUT2D eigenvalue weighted by Gasteiger charge is -2.08. The van der Waals surface area contributed by atoms with Crippen LogP contribution in [0.3, 0.4) is 0 Å². The SMILES string of the molecule is CCc1ccc2c(c1)sc(=NC(=O)c1ccc(NS(=O)(=O)c3ccc(C)cc3)cc1)n2C. The Bertz CT molecular complexity index is 1460. The van der Waals surface area contributed by atoms with Gasteiger partial charge in [0.25, 0.3) is 15.9 Å². The Balaban J connectivity index is 1.56. The Hall–Kier alpha value is -3.23. The van der Waals surface area contributed by atoms with Gasteiger partial charge in [-0.15, -0.1) is 0 Å². The molecule has 4 rings (SSSR count). The van der Waals surface area contributed by atoms with Crippen LogP contribution in [0, 0.1) is 6.92 Å². The van der Waals surface area contributed by atoms with Crippen molar-refractivity contribution in [1.82, 2.24) is 4.57 Å². The van der Waals surface area contributed by atoms with Gasteiger partial charge in [-0.1, -0.05) is 42.0 Å². The first-order chi connectivity index (χ1) is 15.3. The lowest BCUT2D eigenvalue weighted by atomic mass is 10.2. The number of rotatable bonds is 5. The Morgan fingerprint density at radius 1 is 1.03 bits per heavy atom. The van der Waals surface area contributed by atoms with Gasteiger partial charge in [0.2, 0.25) is 0 Å². The molecule has 0 aliphatic carbocycles. The number of thiazole rings is 1. The van der Waals surface area contributed by atoms with Gasteiger partial charge in [0.15, 0.2) is 4.80 Å². The monoisotopic (exact) mass is 465 g/mol. The first-order valence-electron chi connectivity index (χ1n) is 10.1. The van der Waals surface area contributed by atoms with E-state index in [2.05, 4.69) is 28.8 Å². The first-order valence-corrected chi connectivity index (χ1v) is 12.4. The third-order valence-electron chi connectivity index (χ3n) is 5.19. The lowest BCUT2D eigenvalue weighted by molar-refractivity contribution is 0.0998. The van der Waals surface area contributed by atoms with Gasteiger partial charge >= 0.3 is 0 Å². The number of hydrogen-bond donors (Lipinski definition) is 1. The van der Waals surface area contributed by atoms with Crippen molar-refractivity contribution in [2.24, 2.45) is 12.0 Å². The van der Waals surface area contributed by atoms with Gasteiger partial charge in [0.05, 0.1) is 15.1 Å². The predicted octanol–water partition coefficient (Wildman–Crippen LogP) is 4.65. The fourth-order valence-corrected chi connectivity index (χ4v) is 5.41. The van der Waals surface area contributed by atoms with Gasteiger partial charge < -0.3 is 4.57 Å². The third kappa shape index (κ3) is 4.51. The van der Waals surface area contributed by atoms with Crippen LogP contribution in [0.4, 0.5) is 5.69 Å². The summed E-state index contributed by atoms with van der Waals surface area (Å²) in [6, 6.07) is 19.1. The minimum absolute atomic E-state index is 0.182. The highest BCUT2D eigenvalue weighted by molar-refractivity contribution is 7.92. The quantitative estimate of drug-likeness (QED) is 0.466. The molecule has 32 heavy (non-hydrogen) atoms. The van der Waals surface area contributed by atoms with E-state index in [0.717, 1.165) is 22.2 Å². The van der Waals surface area contributed by atoms with Gasteiger partial charge in [-0.3, -0.25) is 9.52 Å². The third-order valence-corrected chi connectivity index (χ3v) is 7.69. The standard InChI is InChI=1S/C24H23N3O3S2/c1-4-17-7-14-21-22(15-17)31-24(27(21)3)25-23(28)18-8-10-19(11-9-18)26-32(29,30)20-12-5-16(2)6-13-20/h5-15,26H,4H2,1-3H3. The summed E-state index contributed by atoms with van der Waals surface area (Å²) >= 11 is 1.47. The Kier molecular flexibility index (Phi) is 5.99. The summed E-state index contributed by atoms with van der Waals surface area (Å²) in [4.78, 5) is 17.8. The molecule has 0 aliphatic rings. The number of hydrogen-bond acceptors (Lipinski definition) is 4. The molecule has 0 radical (unpaired) electrons. The number of aryl methyl sites for hydroxylation is 3. The molecule has 1 heterocycles. The zero-order valence-electron chi connectivity index (χ0n) is 18.0. The van der Waals surface area contributed by atoms with Crippen LogP contribution in [0.2, 0.25) is 0 Å². The number of anilines is 1. The number of nitrogens with one attached hydrogen (secondary N) is 1. The number of aromatic nitrogens is 1. The van der Waals surface area contributed by atoms with Crippen molar-refractivity contribution >= 4 is 43.2 Å². The van der Waals surface area contributed by atoms with Crippen LogP contribution >= 0.6 is 11.3 Å². The van der Waals surface area contributed by atoms with E-state index in [-0.39, 0.29) is 10.8 Å². The van der Waals surface area contributed by atoms with E-state index in [1.54, 1.807) is 48.5 Å². The Labute approximate surface area is 190 Å². The molecule has 3 aromatic carbocycles. The molecule has 0 unspecified atom stereocenters. The molecule has 8 heteroatoms. The largest absolute Gasteiger partial charge is 0.319 e. The molecule has 0 aliphatic heterocycles. The second-order valence-electron chi connectivity index (χ2n) is 7.51. The maximum atomic E-state index is 12.7. The number of fused-ring (bicyclic) bond motifs is 1. The van der Waals surface area contributed by atoms with Crippen molar-refractivity contribution in [3.8, 4) is 0 Å². The number of amides is 1. The van der Waals surface area contributed by atoms with E-state index >= 15 is 0 Å². The van der Waals surface area contributed by atoms with Crippen LogP contribution in [-0.2, 0) is 23.5 Å². The summed E-state index contributed by atoms with van der Waals surface area (Å²) in [7, 11) is -1.81. The number of benzene rings is 3. The van der Waals surface area contributed by atoms with Crippen molar-refractivity contribution in [2.75, 3.05) is 4.72 Å². The summed E-state index contributed by atoms with van der Waals surface area (Å²) < 4.78 is 30.6. The fourth-order valence-electron chi connectivity index (χ4n) is 3.27. The first kappa shape index (κ1) is 22.0. The second-order valence-corrected chi connectivity index (χ2v) is 10.2. The van der Waals surface area contributed by atoms with Gasteiger partial charge in [0.1, 0.15) is 0 Å². The zero-order chi connectivity index (χ0) is 22.9. The highest BCUT2D eigenvalue weighted by Gasteiger charge is 2.14. The van der Waals surface area contributed by atoms with Crippen LogP contribution in [0.5, 0.6) is 0 Å². The van der Waals surface area contributed by atoms with Crippen LogP contribution in [-0.4, -0.2) is 18.9 Å². The van der Waals surface area contributed by atoms with Crippen LogP contribution < -0.4 is 9.52 Å². The van der Waals surface area contributed by atoms with Gasteiger partial charge in [0, 0.05) is 18.3 Å². The normalized spacial score (nSPS) is 12.3. The molecule has 6 nitrogen and oxygen atoms in total. The molecule has 4 aromatic rings. The van der Waals surface area contributed by atoms with Crippen molar-refractivity contribution in [3.05, 3.63) is 88.2 Å². The number of carbonyl (C=O) groups is 1. The van der Waals surface area contributed by atoms with Gasteiger partial charge in [-0.05, 0) is 67.4 Å². The average Bonchev–Trinajstić information content (AvgIpc) is 3.08.